The standard InChI is InChI=1S/C9H10N2O3/c1-11-7-3-6(13-2)4-10-9(7)14-5-8(11)12/h3-4H,5H2,1-2H3. The van der Waals surface area contributed by atoms with E-state index in [4.69, 9.17) is 9.47 Å². The van der Waals surface area contributed by atoms with Crippen molar-refractivity contribution in [2.45, 2.75) is 0 Å². The molecule has 5 heteroatoms. The second-order valence-corrected chi connectivity index (χ2v) is 2.94. The summed E-state index contributed by atoms with van der Waals surface area (Å²) in [5, 5.41) is 0. The maximum Gasteiger partial charge on any atom is 0.264 e. The molecule has 0 aromatic carbocycles. The first-order chi connectivity index (χ1) is 6.72. The lowest BCUT2D eigenvalue weighted by atomic mass is 10.3. The highest BCUT2D eigenvalue weighted by atomic mass is 16.5. The number of carbonyl (C=O) groups is 1. The van der Waals surface area contributed by atoms with Crippen molar-refractivity contribution in [3.63, 3.8) is 0 Å². The topological polar surface area (TPSA) is 51.7 Å². The molecule has 0 aliphatic carbocycles. The Labute approximate surface area is 81.3 Å². The predicted molar refractivity (Wildman–Crippen MR) is 49.7 cm³/mol. The van der Waals surface area contributed by atoms with Gasteiger partial charge in [-0.1, -0.05) is 0 Å². The third-order valence-corrected chi connectivity index (χ3v) is 2.11. The van der Waals surface area contributed by atoms with Crippen molar-refractivity contribution in [3.8, 4) is 11.6 Å². The number of ether oxygens (including phenoxy) is 2. The Balaban J connectivity index is 2.46. The van der Waals surface area contributed by atoms with Gasteiger partial charge in [-0.3, -0.25) is 4.79 Å². The molecule has 14 heavy (non-hydrogen) atoms. The molecule has 0 saturated carbocycles. The van der Waals surface area contributed by atoms with Crippen LogP contribution in [0.4, 0.5) is 5.69 Å². The lowest BCUT2D eigenvalue weighted by molar-refractivity contribution is -0.121. The van der Waals surface area contributed by atoms with Crippen LogP contribution in [-0.4, -0.2) is 31.7 Å². The van der Waals surface area contributed by atoms with Crippen molar-refractivity contribution in [3.05, 3.63) is 12.3 Å². The van der Waals surface area contributed by atoms with Gasteiger partial charge in [-0.05, 0) is 0 Å². The monoisotopic (exact) mass is 194 g/mol. The summed E-state index contributed by atoms with van der Waals surface area (Å²) < 4.78 is 10.2. The number of rotatable bonds is 1. The molecule has 0 N–H and O–H groups in total. The zero-order valence-corrected chi connectivity index (χ0v) is 7.98. The molecule has 2 rings (SSSR count). The maximum absolute atomic E-state index is 11.3. The van der Waals surface area contributed by atoms with Crippen LogP contribution < -0.4 is 14.4 Å². The van der Waals surface area contributed by atoms with Crippen LogP contribution in [0.1, 0.15) is 0 Å². The second kappa shape index (κ2) is 3.17. The number of hydrogen-bond donors (Lipinski definition) is 0. The molecule has 1 aliphatic rings. The number of amides is 1. The van der Waals surface area contributed by atoms with E-state index in [9.17, 15) is 4.79 Å². The largest absolute Gasteiger partial charge is 0.495 e. The molecule has 0 unspecified atom stereocenters. The summed E-state index contributed by atoms with van der Waals surface area (Å²) in [5.74, 6) is 0.981. The molecule has 0 bridgehead atoms. The van der Waals surface area contributed by atoms with E-state index < -0.39 is 0 Å². The summed E-state index contributed by atoms with van der Waals surface area (Å²) in [4.78, 5) is 16.8. The average molecular weight is 194 g/mol. The minimum Gasteiger partial charge on any atom is -0.495 e. The number of aromatic nitrogens is 1. The molecule has 74 valence electrons. The fourth-order valence-corrected chi connectivity index (χ4v) is 1.25. The predicted octanol–water partition coefficient (Wildman–Crippen LogP) is 0.445. The summed E-state index contributed by atoms with van der Waals surface area (Å²) in [7, 11) is 3.24. The molecule has 2 heterocycles. The molecular weight excluding hydrogens is 184 g/mol. The van der Waals surface area contributed by atoms with Crippen molar-refractivity contribution in [2.24, 2.45) is 0 Å². The minimum absolute atomic E-state index is 0.0445. The van der Waals surface area contributed by atoms with E-state index in [-0.39, 0.29) is 12.5 Å². The van der Waals surface area contributed by atoms with Crippen LogP contribution in [0, 0.1) is 0 Å². The molecule has 0 spiro atoms. The molecule has 1 aliphatic heterocycles. The van der Waals surface area contributed by atoms with Gasteiger partial charge in [0.15, 0.2) is 6.61 Å². The zero-order valence-electron chi connectivity index (χ0n) is 7.98. The molecule has 0 fully saturated rings. The number of hydrogen-bond acceptors (Lipinski definition) is 4. The van der Waals surface area contributed by atoms with Gasteiger partial charge in [0.05, 0.1) is 13.3 Å². The van der Waals surface area contributed by atoms with Crippen LogP contribution in [0.25, 0.3) is 0 Å². The number of likely N-dealkylation sites (N-methyl/N-ethyl adjacent to an activating group) is 1. The normalized spacial score (nSPS) is 14.7. The molecule has 5 nitrogen and oxygen atoms in total. The van der Waals surface area contributed by atoms with E-state index >= 15 is 0 Å². The van der Waals surface area contributed by atoms with Crippen molar-refractivity contribution in [2.75, 3.05) is 25.7 Å². The fourth-order valence-electron chi connectivity index (χ4n) is 1.25. The van der Waals surface area contributed by atoms with Crippen molar-refractivity contribution in [1.82, 2.24) is 4.98 Å². The molecule has 0 atom stereocenters. The third kappa shape index (κ3) is 1.26. The summed E-state index contributed by atoms with van der Waals surface area (Å²) in [6, 6.07) is 1.72. The van der Waals surface area contributed by atoms with Gasteiger partial charge in [-0.15, -0.1) is 0 Å². The lowest BCUT2D eigenvalue weighted by Crippen LogP contribution is -2.35. The molecule has 1 aromatic rings. The SMILES string of the molecule is COc1cnc2c(c1)N(C)C(=O)CO2. The smallest absolute Gasteiger partial charge is 0.264 e. The lowest BCUT2D eigenvalue weighted by Gasteiger charge is -2.24. The number of anilines is 1. The van der Waals surface area contributed by atoms with Crippen LogP contribution in [-0.2, 0) is 4.79 Å². The highest BCUT2D eigenvalue weighted by Crippen LogP contribution is 2.31. The van der Waals surface area contributed by atoms with E-state index in [0.717, 1.165) is 0 Å². The van der Waals surface area contributed by atoms with E-state index in [1.807, 2.05) is 0 Å². The van der Waals surface area contributed by atoms with Gasteiger partial charge in [0.1, 0.15) is 11.4 Å². The van der Waals surface area contributed by atoms with Gasteiger partial charge in [0, 0.05) is 13.1 Å². The van der Waals surface area contributed by atoms with Gasteiger partial charge >= 0.3 is 0 Å². The Bertz CT molecular complexity index is 378. The zero-order chi connectivity index (χ0) is 10.1. The highest BCUT2D eigenvalue weighted by Gasteiger charge is 2.23. The number of pyridine rings is 1. The molecule has 1 aromatic heterocycles. The average Bonchev–Trinajstić information content (AvgIpc) is 2.23. The first-order valence-corrected chi connectivity index (χ1v) is 4.16. The first-order valence-electron chi connectivity index (χ1n) is 4.16. The van der Waals surface area contributed by atoms with E-state index in [1.54, 1.807) is 26.4 Å². The summed E-state index contributed by atoms with van der Waals surface area (Å²) in [6.45, 7) is 0.0445. The molecule has 0 saturated heterocycles. The van der Waals surface area contributed by atoms with Gasteiger partial charge in [-0.25, -0.2) is 4.98 Å². The minimum atomic E-state index is -0.0902. The van der Waals surface area contributed by atoms with Crippen LogP contribution >= 0.6 is 0 Å². The fraction of sp³-hybridized carbons (Fsp3) is 0.333. The van der Waals surface area contributed by atoms with Crippen molar-refractivity contribution < 1.29 is 14.3 Å². The van der Waals surface area contributed by atoms with Crippen LogP contribution in [0.5, 0.6) is 11.6 Å². The Kier molecular flexibility index (Phi) is 1.99. The van der Waals surface area contributed by atoms with Gasteiger partial charge in [0.25, 0.3) is 5.91 Å². The van der Waals surface area contributed by atoms with Crippen LogP contribution in [0.3, 0.4) is 0 Å². The molecule has 1 amide bonds. The maximum atomic E-state index is 11.3. The van der Waals surface area contributed by atoms with Gasteiger partial charge in [-0.2, -0.15) is 0 Å². The van der Waals surface area contributed by atoms with E-state index in [0.29, 0.717) is 17.3 Å². The number of carbonyl (C=O) groups excluding carboxylic acids is 1. The summed E-state index contributed by atoms with van der Waals surface area (Å²) in [6.07, 6.45) is 1.56. The summed E-state index contributed by atoms with van der Waals surface area (Å²) >= 11 is 0. The van der Waals surface area contributed by atoms with Crippen molar-refractivity contribution >= 4 is 11.6 Å². The highest BCUT2D eigenvalue weighted by molar-refractivity contribution is 5.96. The van der Waals surface area contributed by atoms with Crippen LogP contribution in [0.15, 0.2) is 12.3 Å². The number of methoxy groups -OCH3 is 1. The van der Waals surface area contributed by atoms with Crippen molar-refractivity contribution in [1.29, 1.82) is 0 Å². The molecular formula is C9H10N2O3. The summed E-state index contributed by atoms with van der Waals surface area (Å²) in [5.41, 5.74) is 0.639. The molecule has 0 radical (unpaired) electrons. The number of nitrogens with zero attached hydrogens (tertiary/aromatic N) is 2. The van der Waals surface area contributed by atoms with Gasteiger partial charge in [0.2, 0.25) is 5.88 Å². The van der Waals surface area contributed by atoms with Gasteiger partial charge < -0.3 is 14.4 Å². The first kappa shape index (κ1) is 8.80. The Morgan fingerprint density at radius 3 is 3.14 bits per heavy atom. The number of fused-ring (bicyclic) bond motifs is 1. The quantitative estimate of drug-likeness (QED) is 0.651. The van der Waals surface area contributed by atoms with E-state index in [1.165, 1.54) is 4.90 Å². The Morgan fingerprint density at radius 2 is 2.43 bits per heavy atom. The Morgan fingerprint density at radius 1 is 1.64 bits per heavy atom. The third-order valence-electron chi connectivity index (χ3n) is 2.11. The van der Waals surface area contributed by atoms with Crippen LogP contribution in [0.2, 0.25) is 0 Å². The second-order valence-electron chi connectivity index (χ2n) is 2.94. The van der Waals surface area contributed by atoms with E-state index in [2.05, 4.69) is 4.98 Å². The Hall–Kier alpha value is -1.78.